The zero-order valence-corrected chi connectivity index (χ0v) is 20.3. The van der Waals surface area contributed by atoms with Gasteiger partial charge in [0, 0.05) is 30.4 Å². The molecule has 0 aromatic heterocycles. The lowest BCUT2D eigenvalue weighted by atomic mass is 9.73. The zero-order chi connectivity index (χ0) is 24.8. The van der Waals surface area contributed by atoms with Gasteiger partial charge in [-0.15, -0.1) is 0 Å². The van der Waals surface area contributed by atoms with Gasteiger partial charge in [0.25, 0.3) is 5.91 Å². The molecule has 0 radical (unpaired) electrons. The lowest BCUT2D eigenvalue weighted by molar-refractivity contribution is -0.160. The number of hydrogen-bond acceptors (Lipinski definition) is 6. The highest BCUT2D eigenvalue weighted by atomic mass is 35.5. The van der Waals surface area contributed by atoms with Crippen molar-refractivity contribution in [2.45, 2.75) is 43.4 Å². The average Bonchev–Trinajstić information content (AvgIpc) is 3.19. The van der Waals surface area contributed by atoms with Crippen molar-refractivity contribution in [2.24, 2.45) is 11.8 Å². The first kappa shape index (κ1) is 24.0. The van der Waals surface area contributed by atoms with Gasteiger partial charge in [-0.25, -0.2) is 0 Å². The van der Waals surface area contributed by atoms with Crippen molar-refractivity contribution in [3.63, 3.8) is 0 Å². The number of likely N-dealkylation sites (tertiary alicyclic amines) is 1. The maximum atomic E-state index is 14.2. The van der Waals surface area contributed by atoms with Crippen LogP contribution in [0.15, 0.2) is 48.6 Å². The van der Waals surface area contributed by atoms with Gasteiger partial charge in [-0.2, -0.15) is 0 Å². The van der Waals surface area contributed by atoms with Crippen LogP contribution in [0.2, 0.25) is 5.02 Å². The molecule has 1 aromatic rings. The largest absolute Gasteiger partial charge is 0.465 e. The third-order valence-electron chi connectivity index (χ3n) is 7.60. The van der Waals surface area contributed by atoms with Crippen LogP contribution in [-0.4, -0.2) is 71.3 Å². The fourth-order valence-corrected chi connectivity index (χ4v) is 6.19. The maximum Gasteiger partial charge on any atom is 0.313 e. The van der Waals surface area contributed by atoms with Gasteiger partial charge in [-0.05, 0) is 43.5 Å². The second-order valence-electron chi connectivity index (χ2n) is 9.42. The summed E-state index contributed by atoms with van der Waals surface area (Å²) in [5, 5.41) is 10.0. The fourth-order valence-electron chi connectivity index (χ4n) is 6.06. The number of carbonyl (C=O) groups is 3. The van der Waals surface area contributed by atoms with Crippen molar-refractivity contribution < 1.29 is 29.0 Å². The van der Waals surface area contributed by atoms with E-state index in [1.807, 2.05) is 25.2 Å². The highest BCUT2D eigenvalue weighted by Crippen LogP contribution is 2.58. The molecule has 186 valence electrons. The van der Waals surface area contributed by atoms with Gasteiger partial charge in [0.2, 0.25) is 5.91 Å². The number of fused-ring (bicyclic) bond motifs is 2. The lowest BCUT2D eigenvalue weighted by Gasteiger charge is -2.38. The van der Waals surface area contributed by atoms with Gasteiger partial charge in [0.1, 0.15) is 23.2 Å². The van der Waals surface area contributed by atoms with Crippen molar-refractivity contribution in [3.05, 3.63) is 53.6 Å². The van der Waals surface area contributed by atoms with Crippen LogP contribution in [0.4, 0.5) is 5.69 Å². The minimum Gasteiger partial charge on any atom is -0.465 e. The number of carbonyl (C=O) groups excluding carboxylic acids is 3. The Morgan fingerprint density at radius 3 is 2.57 bits per heavy atom. The van der Waals surface area contributed by atoms with Crippen molar-refractivity contribution in [3.8, 4) is 0 Å². The number of ether oxygens (including phenoxy) is 2. The standard InChI is InChI=1S/C26H29ClN2O6/c1-2-25-11-3-4-16-34-24(33)20(25)19-22(31)29(14-6-15-30)21-23(32)28(13-5-12-26(19,21)35-25)18-9-7-17(27)8-10-18/h3,5,7-12,19-21,30H,2,4,6,13-16H2,1H3/t19-,20-,21?,25+,26-/m0/s1. The van der Waals surface area contributed by atoms with Crippen LogP contribution in [-0.2, 0) is 23.9 Å². The molecule has 1 spiro atoms. The Hall–Kier alpha value is -2.68. The van der Waals surface area contributed by atoms with Crippen molar-refractivity contribution in [1.82, 2.24) is 4.90 Å². The molecule has 0 saturated carbocycles. The Bertz CT molecular complexity index is 1090. The molecule has 5 rings (SSSR count). The molecule has 8 nitrogen and oxygen atoms in total. The first-order chi connectivity index (χ1) is 16.9. The molecule has 1 aromatic carbocycles. The number of aliphatic hydroxyl groups excluding tert-OH is 1. The number of amides is 2. The number of aliphatic hydroxyl groups is 1. The van der Waals surface area contributed by atoms with Gasteiger partial charge in [0.15, 0.2) is 0 Å². The van der Waals surface area contributed by atoms with E-state index < -0.39 is 35.0 Å². The molecule has 2 saturated heterocycles. The Kier molecular flexibility index (Phi) is 6.23. The van der Waals surface area contributed by atoms with Gasteiger partial charge in [0.05, 0.1) is 12.5 Å². The van der Waals surface area contributed by atoms with E-state index in [9.17, 15) is 19.5 Å². The summed E-state index contributed by atoms with van der Waals surface area (Å²) < 4.78 is 12.3. The molecule has 0 aliphatic carbocycles. The van der Waals surface area contributed by atoms with Crippen LogP contribution in [0.25, 0.3) is 0 Å². The zero-order valence-electron chi connectivity index (χ0n) is 19.6. The van der Waals surface area contributed by atoms with Crippen LogP contribution in [0.3, 0.4) is 0 Å². The summed E-state index contributed by atoms with van der Waals surface area (Å²) in [7, 11) is 0. The highest BCUT2D eigenvalue weighted by molar-refractivity contribution is 6.30. The predicted octanol–water partition coefficient (Wildman–Crippen LogP) is 2.49. The van der Waals surface area contributed by atoms with E-state index in [0.29, 0.717) is 30.0 Å². The van der Waals surface area contributed by atoms with Gasteiger partial charge in [-0.3, -0.25) is 14.4 Å². The van der Waals surface area contributed by atoms with E-state index in [4.69, 9.17) is 21.1 Å². The van der Waals surface area contributed by atoms with E-state index >= 15 is 0 Å². The molecule has 1 unspecified atom stereocenters. The normalized spacial score (nSPS) is 34.1. The average molecular weight is 501 g/mol. The van der Waals surface area contributed by atoms with Gasteiger partial charge < -0.3 is 24.4 Å². The molecule has 4 heterocycles. The van der Waals surface area contributed by atoms with Gasteiger partial charge in [-0.1, -0.05) is 42.8 Å². The number of nitrogens with zero attached hydrogens (tertiary/aromatic N) is 2. The summed E-state index contributed by atoms with van der Waals surface area (Å²) in [5.41, 5.74) is -1.74. The van der Waals surface area contributed by atoms with Crippen LogP contribution in [0, 0.1) is 11.8 Å². The minimum atomic E-state index is -1.33. The van der Waals surface area contributed by atoms with E-state index in [1.165, 1.54) is 4.90 Å². The quantitative estimate of drug-likeness (QED) is 0.493. The third-order valence-corrected chi connectivity index (χ3v) is 7.85. The smallest absolute Gasteiger partial charge is 0.313 e. The summed E-state index contributed by atoms with van der Waals surface area (Å²) in [5.74, 6) is -2.90. The number of halogens is 1. The third kappa shape index (κ3) is 3.61. The topological polar surface area (TPSA) is 96.4 Å². The summed E-state index contributed by atoms with van der Waals surface area (Å²) >= 11 is 6.06. The number of anilines is 1. The molecular weight excluding hydrogens is 472 g/mol. The molecule has 0 bridgehead atoms. The summed E-state index contributed by atoms with van der Waals surface area (Å²) in [4.78, 5) is 44.5. The summed E-state index contributed by atoms with van der Waals surface area (Å²) in [6.45, 7) is 2.46. The minimum absolute atomic E-state index is 0.132. The molecule has 1 N–H and O–H groups in total. The Balaban J connectivity index is 1.65. The highest BCUT2D eigenvalue weighted by Gasteiger charge is 2.75. The monoisotopic (exact) mass is 500 g/mol. The fraction of sp³-hybridized carbons (Fsp3) is 0.500. The van der Waals surface area contributed by atoms with E-state index in [-0.39, 0.29) is 38.1 Å². The molecule has 4 aliphatic heterocycles. The Morgan fingerprint density at radius 1 is 1.09 bits per heavy atom. The Morgan fingerprint density at radius 2 is 1.86 bits per heavy atom. The van der Waals surface area contributed by atoms with Crippen LogP contribution in [0.1, 0.15) is 26.2 Å². The molecule has 5 atom stereocenters. The van der Waals surface area contributed by atoms with Crippen molar-refractivity contribution in [1.29, 1.82) is 0 Å². The predicted molar refractivity (Wildman–Crippen MR) is 129 cm³/mol. The lowest BCUT2D eigenvalue weighted by Crippen LogP contribution is -2.56. The number of benzene rings is 1. The van der Waals surface area contributed by atoms with Crippen molar-refractivity contribution in [2.75, 3.05) is 31.2 Å². The van der Waals surface area contributed by atoms with Crippen LogP contribution >= 0.6 is 11.6 Å². The molecule has 35 heavy (non-hydrogen) atoms. The Labute approximate surface area is 209 Å². The number of esters is 1. The first-order valence-electron chi connectivity index (χ1n) is 12.1. The van der Waals surface area contributed by atoms with E-state index in [1.54, 1.807) is 35.2 Å². The van der Waals surface area contributed by atoms with Crippen LogP contribution in [0.5, 0.6) is 0 Å². The van der Waals surface area contributed by atoms with Crippen molar-refractivity contribution >= 4 is 35.1 Å². The summed E-state index contributed by atoms with van der Waals surface area (Å²) in [6.07, 6.45) is 8.74. The first-order valence-corrected chi connectivity index (χ1v) is 12.5. The van der Waals surface area contributed by atoms with Crippen LogP contribution < -0.4 is 4.90 Å². The maximum absolute atomic E-state index is 14.2. The molecule has 9 heteroatoms. The molecular formula is C26H29ClN2O6. The van der Waals surface area contributed by atoms with E-state index in [0.717, 1.165) is 0 Å². The van der Waals surface area contributed by atoms with E-state index in [2.05, 4.69) is 0 Å². The number of hydrogen-bond donors (Lipinski definition) is 1. The SMILES string of the molecule is CC[C@@]12C=CCCOC(=O)[C@@H]1[C@H]1C(=O)N(CCCO)C3C(=O)N(c4ccc(Cl)cc4)CC=C[C@@]31O2. The molecule has 2 fully saturated rings. The number of rotatable bonds is 5. The summed E-state index contributed by atoms with van der Waals surface area (Å²) in [6, 6.07) is 5.95. The molecule has 4 aliphatic rings. The van der Waals surface area contributed by atoms with Gasteiger partial charge >= 0.3 is 5.97 Å². The number of cyclic esters (lactones) is 1. The molecule has 2 amide bonds. The second kappa shape index (κ2) is 9.08. The second-order valence-corrected chi connectivity index (χ2v) is 9.85.